The molecule has 23 heavy (non-hydrogen) atoms. The van der Waals surface area contributed by atoms with Gasteiger partial charge in [0.25, 0.3) is 0 Å². The first kappa shape index (κ1) is 15.5. The van der Waals surface area contributed by atoms with Gasteiger partial charge in [0, 0.05) is 24.7 Å². The van der Waals surface area contributed by atoms with Gasteiger partial charge in [-0.2, -0.15) is 10.2 Å². The summed E-state index contributed by atoms with van der Waals surface area (Å²) in [6.07, 6.45) is 3.68. The van der Waals surface area contributed by atoms with E-state index in [1.807, 2.05) is 27.1 Å². The minimum absolute atomic E-state index is 0.0986. The van der Waals surface area contributed by atoms with E-state index in [0.717, 1.165) is 46.9 Å². The Balaban J connectivity index is 2.01. The normalized spacial score (nSPS) is 12.7. The van der Waals surface area contributed by atoms with Crippen molar-refractivity contribution in [2.24, 2.45) is 7.05 Å². The number of fused-ring (bicyclic) bond motifs is 1. The first-order valence-corrected chi connectivity index (χ1v) is 7.97. The van der Waals surface area contributed by atoms with Crippen LogP contribution in [-0.2, 0) is 13.5 Å². The van der Waals surface area contributed by atoms with E-state index in [2.05, 4.69) is 39.4 Å². The van der Waals surface area contributed by atoms with Crippen molar-refractivity contribution >= 4 is 16.9 Å². The summed E-state index contributed by atoms with van der Waals surface area (Å²) in [7, 11) is 1.91. The topological polar surface area (TPSA) is 84.3 Å². The van der Waals surface area contributed by atoms with Crippen LogP contribution in [0.15, 0.2) is 6.20 Å². The van der Waals surface area contributed by atoms with Crippen LogP contribution < -0.4 is 5.32 Å². The molecule has 0 saturated carbocycles. The number of nitrogens with one attached hydrogen (secondary N) is 2. The summed E-state index contributed by atoms with van der Waals surface area (Å²) in [6.45, 7) is 8.30. The largest absolute Gasteiger partial charge is 0.363 e. The third kappa shape index (κ3) is 2.78. The van der Waals surface area contributed by atoms with Gasteiger partial charge in [-0.05, 0) is 27.2 Å². The summed E-state index contributed by atoms with van der Waals surface area (Å²) in [6, 6.07) is 0.0986. The quantitative estimate of drug-likeness (QED) is 0.756. The molecule has 3 aromatic heterocycles. The average molecular weight is 313 g/mol. The van der Waals surface area contributed by atoms with Gasteiger partial charge in [-0.3, -0.25) is 9.78 Å². The number of hydrogen-bond donors (Lipinski definition) is 2. The molecular formula is C16H23N7. The van der Waals surface area contributed by atoms with Gasteiger partial charge in [0.15, 0.2) is 5.65 Å². The minimum Gasteiger partial charge on any atom is -0.363 e. The maximum Gasteiger partial charge on any atom is 0.163 e. The Kier molecular flexibility index (Phi) is 4.02. The Morgan fingerprint density at radius 3 is 2.74 bits per heavy atom. The Morgan fingerprint density at radius 2 is 2.09 bits per heavy atom. The van der Waals surface area contributed by atoms with Crippen molar-refractivity contribution in [1.82, 2.24) is 29.9 Å². The molecule has 0 fully saturated rings. The molecule has 0 spiro atoms. The third-order valence-electron chi connectivity index (χ3n) is 4.08. The van der Waals surface area contributed by atoms with Crippen molar-refractivity contribution in [3.63, 3.8) is 0 Å². The van der Waals surface area contributed by atoms with E-state index in [1.54, 1.807) is 4.68 Å². The highest BCUT2D eigenvalue weighted by Gasteiger charge is 2.18. The molecule has 0 bridgehead atoms. The Bertz CT molecular complexity index is 811. The summed E-state index contributed by atoms with van der Waals surface area (Å²) >= 11 is 0. The maximum atomic E-state index is 4.71. The van der Waals surface area contributed by atoms with Crippen molar-refractivity contribution in [3.8, 4) is 0 Å². The van der Waals surface area contributed by atoms with Crippen molar-refractivity contribution in [2.45, 2.75) is 46.6 Å². The first-order valence-electron chi connectivity index (χ1n) is 7.97. The van der Waals surface area contributed by atoms with Crippen LogP contribution in [0, 0.1) is 13.8 Å². The van der Waals surface area contributed by atoms with Crippen LogP contribution in [0.25, 0.3) is 11.0 Å². The van der Waals surface area contributed by atoms with E-state index >= 15 is 0 Å². The zero-order valence-corrected chi connectivity index (χ0v) is 14.3. The lowest BCUT2D eigenvalue weighted by Crippen LogP contribution is -2.11. The molecule has 3 rings (SSSR count). The van der Waals surface area contributed by atoms with Crippen LogP contribution in [0.2, 0.25) is 0 Å². The molecule has 1 atom stereocenters. The number of hydrogen-bond acceptors (Lipinski definition) is 5. The number of nitrogens with zero attached hydrogens (tertiary/aromatic N) is 5. The SMILES string of the molecule is CCCc1nc(NC(C)c2c(C)n[nH]c2C)c2cnn(C)c2n1. The fourth-order valence-corrected chi connectivity index (χ4v) is 2.99. The maximum absolute atomic E-state index is 4.71. The number of H-pyrrole nitrogens is 1. The lowest BCUT2D eigenvalue weighted by Gasteiger charge is -2.16. The highest BCUT2D eigenvalue weighted by Crippen LogP contribution is 2.27. The Morgan fingerprint density at radius 1 is 1.30 bits per heavy atom. The number of aromatic nitrogens is 6. The van der Waals surface area contributed by atoms with E-state index in [0.29, 0.717) is 0 Å². The number of rotatable bonds is 5. The minimum atomic E-state index is 0.0986. The van der Waals surface area contributed by atoms with Crippen molar-refractivity contribution in [1.29, 1.82) is 0 Å². The van der Waals surface area contributed by atoms with Gasteiger partial charge in [0.1, 0.15) is 11.6 Å². The van der Waals surface area contributed by atoms with Crippen LogP contribution in [0.5, 0.6) is 0 Å². The molecule has 3 heterocycles. The van der Waals surface area contributed by atoms with Gasteiger partial charge in [0.2, 0.25) is 0 Å². The lowest BCUT2D eigenvalue weighted by atomic mass is 10.1. The molecule has 0 amide bonds. The smallest absolute Gasteiger partial charge is 0.163 e. The predicted molar refractivity (Wildman–Crippen MR) is 90.4 cm³/mol. The lowest BCUT2D eigenvalue weighted by molar-refractivity contribution is 0.771. The van der Waals surface area contributed by atoms with Gasteiger partial charge < -0.3 is 5.32 Å². The van der Waals surface area contributed by atoms with Crippen LogP contribution in [0.4, 0.5) is 5.82 Å². The Labute approximate surface area is 135 Å². The van der Waals surface area contributed by atoms with Crippen LogP contribution in [-0.4, -0.2) is 29.9 Å². The molecule has 7 heteroatoms. The molecule has 1 unspecified atom stereocenters. The fraction of sp³-hybridized carbons (Fsp3) is 0.500. The summed E-state index contributed by atoms with van der Waals surface area (Å²) in [5.41, 5.74) is 4.12. The van der Waals surface area contributed by atoms with Crippen molar-refractivity contribution in [2.75, 3.05) is 5.32 Å². The number of aryl methyl sites for hydroxylation is 4. The highest BCUT2D eigenvalue weighted by molar-refractivity contribution is 5.86. The summed E-state index contributed by atoms with van der Waals surface area (Å²) < 4.78 is 1.79. The van der Waals surface area contributed by atoms with E-state index in [1.165, 1.54) is 5.56 Å². The molecule has 0 aliphatic heterocycles. The number of anilines is 1. The summed E-state index contributed by atoms with van der Waals surface area (Å²) in [4.78, 5) is 9.33. The molecule has 0 aliphatic rings. The van der Waals surface area contributed by atoms with Crippen LogP contribution in [0.3, 0.4) is 0 Å². The number of aromatic amines is 1. The molecule has 0 saturated heterocycles. The molecule has 122 valence electrons. The highest BCUT2D eigenvalue weighted by atomic mass is 15.3. The van der Waals surface area contributed by atoms with Gasteiger partial charge >= 0.3 is 0 Å². The van der Waals surface area contributed by atoms with E-state index in [-0.39, 0.29) is 6.04 Å². The zero-order valence-electron chi connectivity index (χ0n) is 14.3. The van der Waals surface area contributed by atoms with Gasteiger partial charge in [-0.15, -0.1) is 0 Å². The molecular weight excluding hydrogens is 290 g/mol. The molecule has 0 aliphatic carbocycles. The fourth-order valence-electron chi connectivity index (χ4n) is 2.99. The predicted octanol–water partition coefficient (Wildman–Crippen LogP) is 2.83. The standard InChI is InChI=1S/C16H23N7/c1-6-7-13-19-15(12-8-17-23(5)16(12)20-13)18-9(2)14-10(3)21-22-11(14)4/h8-9H,6-7H2,1-5H3,(H,21,22)(H,18,19,20). The second-order valence-corrected chi connectivity index (χ2v) is 5.96. The molecule has 3 aromatic rings. The zero-order chi connectivity index (χ0) is 16.6. The molecule has 7 nitrogen and oxygen atoms in total. The average Bonchev–Trinajstić information content (AvgIpc) is 3.03. The van der Waals surface area contributed by atoms with Crippen molar-refractivity contribution in [3.05, 3.63) is 29.0 Å². The molecule has 0 radical (unpaired) electrons. The summed E-state index contributed by atoms with van der Waals surface area (Å²) in [5, 5.41) is 16.1. The van der Waals surface area contributed by atoms with E-state index in [9.17, 15) is 0 Å². The van der Waals surface area contributed by atoms with Gasteiger partial charge in [-0.1, -0.05) is 6.92 Å². The van der Waals surface area contributed by atoms with Gasteiger partial charge in [0.05, 0.1) is 23.3 Å². The second-order valence-electron chi connectivity index (χ2n) is 5.96. The van der Waals surface area contributed by atoms with E-state index < -0.39 is 0 Å². The second kappa shape index (κ2) is 5.98. The van der Waals surface area contributed by atoms with Crippen LogP contribution in [0.1, 0.15) is 49.1 Å². The van der Waals surface area contributed by atoms with E-state index in [4.69, 9.17) is 4.98 Å². The monoisotopic (exact) mass is 313 g/mol. The van der Waals surface area contributed by atoms with Crippen LogP contribution >= 0.6 is 0 Å². The molecule has 2 N–H and O–H groups in total. The van der Waals surface area contributed by atoms with Gasteiger partial charge in [-0.25, -0.2) is 9.97 Å². The summed E-state index contributed by atoms with van der Waals surface area (Å²) in [5.74, 6) is 1.68. The third-order valence-corrected chi connectivity index (χ3v) is 4.08. The Hall–Kier alpha value is -2.44. The first-order chi connectivity index (χ1) is 11.0. The van der Waals surface area contributed by atoms with Crippen molar-refractivity contribution < 1.29 is 0 Å². The molecule has 0 aromatic carbocycles.